The van der Waals surface area contributed by atoms with Crippen molar-refractivity contribution in [2.75, 3.05) is 46.1 Å². The van der Waals surface area contributed by atoms with Gasteiger partial charge in [-0.3, -0.25) is 4.99 Å². The first-order chi connectivity index (χ1) is 12.6. The third-order valence-corrected chi connectivity index (χ3v) is 5.85. The predicted octanol–water partition coefficient (Wildman–Crippen LogP) is 4.03. The van der Waals surface area contributed by atoms with Gasteiger partial charge in [0.25, 0.3) is 0 Å². The van der Waals surface area contributed by atoms with Crippen molar-refractivity contribution >= 4 is 41.3 Å². The van der Waals surface area contributed by atoms with Crippen LogP contribution in [0.15, 0.2) is 22.5 Å². The van der Waals surface area contributed by atoms with Gasteiger partial charge in [0.15, 0.2) is 5.96 Å². The second-order valence-corrected chi connectivity index (χ2v) is 8.42. The highest BCUT2D eigenvalue weighted by atomic mass is 127. The molecule has 0 amide bonds. The monoisotopic (exact) mass is 509 g/mol. The summed E-state index contributed by atoms with van der Waals surface area (Å²) in [6.07, 6.45) is 3.26. The van der Waals surface area contributed by atoms with Crippen LogP contribution in [0.1, 0.15) is 44.9 Å². The van der Waals surface area contributed by atoms with Crippen LogP contribution in [0.5, 0.6) is 0 Å². The molecule has 0 spiro atoms. The van der Waals surface area contributed by atoms with E-state index in [1.54, 1.807) is 11.3 Å². The Balaban J connectivity index is 0.00000364. The Morgan fingerprint density at radius 1 is 1.33 bits per heavy atom. The van der Waals surface area contributed by atoms with E-state index in [0.717, 1.165) is 71.3 Å². The summed E-state index contributed by atoms with van der Waals surface area (Å²) in [6, 6.07) is 4.30. The number of aliphatic imine (C=N–C) groups is 1. The molecule has 1 aliphatic heterocycles. The fourth-order valence-corrected chi connectivity index (χ4v) is 3.75. The molecule has 2 rings (SSSR count). The summed E-state index contributed by atoms with van der Waals surface area (Å²) >= 11 is 1.80. The van der Waals surface area contributed by atoms with Gasteiger partial charge >= 0.3 is 0 Å². The molecular formula is C20H36IN3O2S. The van der Waals surface area contributed by atoms with E-state index in [2.05, 4.69) is 48.9 Å². The largest absolute Gasteiger partial charge is 0.381 e. The summed E-state index contributed by atoms with van der Waals surface area (Å²) in [5.74, 6) is 1.57. The van der Waals surface area contributed by atoms with Crippen LogP contribution in [0.2, 0.25) is 0 Å². The van der Waals surface area contributed by atoms with E-state index in [4.69, 9.17) is 14.5 Å². The van der Waals surface area contributed by atoms with Crippen molar-refractivity contribution < 1.29 is 9.47 Å². The van der Waals surface area contributed by atoms with Gasteiger partial charge in [-0.15, -0.1) is 35.3 Å². The van der Waals surface area contributed by atoms with Crippen molar-refractivity contribution in [1.29, 1.82) is 0 Å². The zero-order valence-electron chi connectivity index (χ0n) is 17.0. The van der Waals surface area contributed by atoms with Gasteiger partial charge in [-0.2, -0.15) is 0 Å². The summed E-state index contributed by atoms with van der Waals surface area (Å²) in [5, 5.41) is 8.88. The van der Waals surface area contributed by atoms with E-state index < -0.39 is 0 Å². The van der Waals surface area contributed by atoms with Gasteiger partial charge in [0.1, 0.15) is 0 Å². The number of nitrogens with zero attached hydrogens (tertiary/aromatic N) is 1. The van der Waals surface area contributed by atoms with E-state index in [9.17, 15) is 0 Å². The van der Waals surface area contributed by atoms with Gasteiger partial charge in [-0.1, -0.05) is 19.9 Å². The number of hydrogen-bond acceptors (Lipinski definition) is 4. The van der Waals surface area contributed by atoms with Crippen LogP contribution in [0, 0.1) is 5.92 Å². The number of halogens is 1. The quantitative estimate of drug-likeness (QED) is 0.217. The predicted molar refractivity (Wildman–Crippen MR) is 126 cm³/mol. The molecule has 0 unspecified atom stereocenters. The van der Waals surface area contributed by atoms with Crippen molar-refractivity contribution in [3.05, 3.63) is 22.4 Å². The van der Waals surface area contributed by atoms with Crippen LogP contribution in [0.4, 0.5) is 0 Å². The van der Waals surface area contributed by atoms with Gasteiger partial charge in [-0.05, 0) is 43.6 Å². The summed E-state index contributed by atoms with van der Waals surface area (Å²) in [6.45, 7) is 12.5. The van der Waals surface area contributed by atoms with Gasteiger partial charge in [0.05, 0.1) is 6.54 Å². The first kappa shape index (κ1) is 24.7. The summed E-state index contributed by atoms with van der Waals surface area (Å²) < 4.78 is 11.2. The second kappa shape index (κ2) is 13.7. The normalized spacial score (nSPS) is 16.0. The van der Waals surface area contributed by atoms with Gasteiger partial charge in [-0.25, -0.2) is 0 Å². The van der Waals surface area contributed by atoms with Crippen LogP contribution in [0.3, 0.4) is 0 Å². The third-order valence-electron chi connectivity index (χ3n) is 4.62. The standard InChI is InChI=1S/C20H35N3O2S.HI/c1-4-21-19(23-16-20(2,3)18-7-5-14-26-18)22-10-6-11-25-15-17-8-12-24-13-9-17;/h5,7,14,17H,4,6,8-13,15-16H2,1-3H3,(H2,21,22,23);1H. The molecular weight excluding hydrogens is 473 g/mol. The Morgan fingerprint density at radius 2 is 2.11 bits per heavy atom. The molecule has 0 saturated carbocycles. The van der Waals surface area contributed by atoms with Crippen LogP contribution >= 0.6 is 35.3 Å². The molecule has 7 heteroatoms. The zero-order valence-corrected chi connectivity index (χ0v) is 20.1. The molecule has 1 saturated heterocycles. The van der Waals surface area contributed by atoms with Gasteiger partial charge in [0, 0.05) is 49.8 Å². The lowest BCUT2D eigenvalue weighted by atomic mass is 9.92. The number of ether oxygens (including phenoxy) is 2. The fraction of sp³-hybridized carbons (Fsp3) is 0.750. The Bertz CT molecular complexity index is 517. The maximum absolute atomic E-state index is 5.82. The molecule has 1 fully saturated rings. The van der Waals surface area contributed by atoms with Gasteiger partial charge < -0.3 is 20.1 Å². The SMILES string of the molecule is CCNC(=NCC(C)(C)c1cccs1)NCCCOCC1CCOCC1.I. The minimum atomic E-state index is 0. The summed E-state index contributed by atoms with van der Waals surface area (Å²) in [5.41, 5.74) is 0.0589. The molecule has 2 N–H and O–H groups in total. The van der Waals surface area contributed by atoms with Crippen LogP contribution in [0.25, 0.3) is 0 Å². The maximum atomic E-state index is 5.82. The van der Waals surface area contributed by atoms with E-state index in [1.165, 1.54) is 4.88 Å². The Morgan fingerprint density at radius 3 is 2.78 bits per heavy atom. The lowest BCUT2D eigenvalue weighted by Crippen LogP contribution is -2.39. The Labute approximate surface area is 185 Å². The maximum Gasteiger partial charge on any atom is 0.191 e. The van der Waals surface area contributed by atoms with Crippen LogP contribution in [-0.2, 0) is 14.9 Å². The van der Waals surface area contributed by atoms with E-state index >= 15 is 0 Å². The molecule has 1 aromatic rings. The number of thiophene rings is 1. The minimum absolute atomic E-state index is 0. The van der Waals surface area contributed by atoms with Crippen LogP contribution in [-0.4, -0.2) is 52.0 Å². The zero-order chi connectivity index (χ0) is 18.7. The van der Waals surface area contributed by atoms with Crippen molar-refractivity contribution in [1.82, 2.24) is 10.6 Å². The first-order valence-electron chi connectivity index (χ1n) is 9.83. The minimum Gasteiger partial charge on any atom is -0.381 e. The Kier molecular flexibility index (Phi) is 12.5. The van der Waals surface area contributed by atoms with Crippen LogP contribution < -0.4 is 10.6 Å². The highest BCUT2D eigenvalue weighted by molar-refractivity contribution is 14.0. The number of hydrogen-bond donors (Lipinski definition) is 2. The summed E-state index contributed by atoms with van der Waals surface area (Å²) in [7, 11) is 0. The molecule has 1 aromatic heterocycles. The second-order valence-electron chi connectivity index (χ2n) is 7.47. The molecule has 0 bridgehead atoms. The molecule has 1 aliphatic rings. The molecule has 0 atom stereocenters. The summed E-state index contributed by atoms with van der Waals surface area (Å²) in [4.78, 5) is 6.15. The third kappa shape index (κ3) is 9.58. The number of rotatable bonds is 10. The van der Waals surface area contributed by atoms with E-state index in [-0.39, 0.29) is 29.4 Å². The average molecular weight is 509 g/mol. The molecule has 156 valence electrons. The number of guanidine groups is 1. The lowest BCUT2D eigenvalue weighted by Gasteiger charge is -2.22. The molecule has 27 heavy (non-hydrogen) atoms. The van der Waals surface area contributed by atoms with Crippen molar-refractivity contribution in [3.63, 3.8) is 0 Å². The van der Waals surface area contributed by atoms with E-state index in [0.29, 0.717) is 5.92 Å². The van der Waals surface area contributed by atoms with Crippen molar-refractivity contribution in [2.45, 2.75) is 45.4 Å². The van der Waals surface area contributed by atoms with Crippen molar-refractivity contribution in [2.24, 2.45) is 10.9 Å². The molecule has 2 heterocycles. The molecule has 5 nitrogen and oxygen atoms in total. The molecule has 0 aromatic carbocycles. The topological polar surface area (TPSA) is 54.9 Å². The smallest absolute Gasteiger partial charge is 0.191 e. The highest BCUT2D eigenvalue weighted by Crippen LogP contribution is 2.27. The highest BCUT2D eigenvalue weighted by Gasteiger charge is 2.21. The van der Waals surface area contributed by atoms with E-state index in [1.807, 2.05) is 0 Å². The molecule has 0 radical (unpaired) electrons. The van der Waals surface area contributed by atoms with Gasteiger partial charge in [0.2, 0.25) is 0 Å². The first-order valence-corrected chi connectivity index (χ1v) is 10.7. The van der Waals surface area contributed by atoms with Crippen molar-refractivity contribution in [3.8, 4) is 0 Å². The number of nitrogens with one attached hydrogen (secondary N) is 2. The molecule has 0 aliphatic carbocycles. The average Bonchev–Trinajstić information content (AvgIpc) is 3.19. The lowest BCUT2D eigenvalue weighted by molar-refractivity contribution is 0.0203. The Hall–Kier alpha value is -0.380. The fourth-order valence-electron chi connectivity index (χ4n) is 2.90.